The Morgan fingerprint density at radius 2 is 1.43 bits per heavy atom. The van der Waals surface area contributed by atoms with E-state index in [4.69, 9.17) is 34.8 Å². The van der Waals surface area contributed by atoms with Crippen LogP contribution in [0.25, 0.3) is 0 Å². The Kier molecular flexibility index (Phi) is 11.7. The van der Waals surface area contributed by atoms with Crippen LogP contribution in [-0.2, 0) is 32.6 Å². The lowest BCUT2D eigenvalue weighted by molar-refractivity contribution is -0.140. The third kappa shape index (κ3) is 8.54. The first-order valence-electron chi connectivity index (χ1n) is 14.0. The Morgan fingerprint density at radius 1 is 0.795 bits per heavy atom. The minimum Gasteiger partial charge on any atom is -0.354 e. The van der Waals surface area contributed by atoms with E-state index in [0.29, 0.717) is 28.6 Å². The van der Waals surface area contributed by atoms with E-state index < -0.39 is 28.5 Å². The van der Waals surface area contributed by atoms with Crippen molar-refractivity contribution in [2.45, 2.75) is 37.2 Å². The average Bonchev–Trinajstić information content (AvgIpc) is 3.01. The monoisotopic (exact) mass is 671 g/mol. The quantitative estimate of drug-likeness (QED) is 0.166. The van der Waals surface area contributed by atoms with Gasteiger partial charge in [0.05, 0.1) is 15.6 Å². The van der Waals surface area contributed by atoms with E-state index in [1.807, 2.05) is 37.3 Å². The number of hydrogen-bond acceptors (Lipinski definition) is 4. The van der Waals surface area contributed by atoms with Crippen LogP contribution in [0, 0.1) is 0 Å². The molecular weight excluding hydrogens is 641 g/mol. The minimum absolute atomic E-state index is 0.00398. The van der Waals surface area contributed by atoms with Gasteiger partial charge in [-0.25, -0.2) is 8.42 Å². The van der Waals surface area contributed by atoms with Crippen LogP contribution in [-0.4, -0.2) is 44.3 Å². The summed E-state index contributed by atoms with van der Waals surface area (Å²) in [6.45, 7) is 1.72. The molecule has 7 nitrogen and oxygen atoms in total. The third-order valence-electron chi connectivity index (χ3n) is 6.85. The molecule has 230 valence electrons. The second-order valence-corrected chi connectivity index (χ2v) is 13.2. The Morgan fingerprint density at radius 3 is 2.07 bits per heavy atom. The zero-order valence-corrected chi connectivity index (χ0v) is 27.1. The number of carbonyl (C=O) groups excluding carboxylic acids is 2. The second kappa shape index (κ2) is 15.4. The fourth-order valence-corrected chi connectivity index (χ4v) is 6.90. The van der Waals surface area contributed by atoms with Gasteiger partial charge in [0.1, 0.15) is 12.6 Å². The van der Waals surface area contributed by atoms with Gasteiger partial charge in [0.25, 0.3) is 10.0 Å². The average molecular weight is 673 g/mol. The highest BCUT2D eigenvalue weighted by Crippen LogP contribution is 2.33. The lowest BCUT2D eigenvalue weighted by Crippen LogP contribution is -2.53. The predicted octanol–water partition coefficient (Wildman–Crippen LogP) is 7.01. The Labute approximate surface area is 273 Å². The molecule has 2 amide bonds. The molecule has 0 bridgehead atoms. The molecule has 4 aromatic carbocycles. The van der Waals surface area contributed by atoms with E-state index in [-0.39, 0.29) is 34.5 Å². The van der Waals surface area contributed by atoms with Gasteiger partial charge in [0.15, 0.2) is 0 Å². The molecule has 0 saturated heterocycles. The molecule has 0 aliphatic carbocycles. The molecular formula is C33H32Cl3N3O4S. The van der Waals surface area contributed by atoms with Crippen molar-refractivity contribution in [2.75, 3.05) is 17.4 Å². The number of nitrogens with one attached hydrogen (secondary N) is 1. The first-order chi connectivity index (χ1) is 21.1. The largest absolute Gasteiger partial charge is 0.354 e. The zero-order valence-electron chi connectivity index (χ0n) is 24.0. The molecule has 4 rings (SSSR count). The van der Waals surface area contributed by atoms with Crippen LogP contribution in [0.2, 0.25) is 15.1 Å². The van der Waals surface area contributed by atoms with E-state index in [1.165, 1.54) is 35.2 Å². The van der Waals surface area contributed by atoms with Crippen molar-refractivity contribution in [3.8, 4) is 0 Å². The molecule has 0 saturated carbocycles. The number of anilines is 1. The molecule has 0 aromatic heterocycles. The van der Waals surface area contributed by atoms with Crippen LogP contribution in [0.5, 0.6) is 0 Å². The summed E-state index contributed by atoms with van der Waals surface area (Å²) in [5.74, 6) is -0.962. The molecule has 1 N–H and O–H groups in total. The van der Waals surface area contributed by atoms with Crippen molar-refractivity contribution >= 4 is 62.3 Å². The highest BCUT2D eigenvalue weighted by Gasteiger charge is 2.35. The summed E-state index contributed by atoms with van der Waals surface area (Å²) in [6.07, 6.45) is 0.903. The summed E-state index contributed by atoms with van der Waals surface area (Å²) in [5, 5.41) is 3.73. The van der Waals surface area contributed by atoms with Gasteiger partial charge in [-0.3, -0.25) is 13.9 Å². The summed E-state index contributed by atoms with van der Waals surface area (Å²) < 4.78 is 29.0. The van der Waals surface area contributed by atoms with Gasteiger partial charge < -0.3 is 10.2 Å². The van der Waals surface area contributed by atoms with E-state index >= 15 is 0 Å². The normalized spacial score (nSPS) is 11.9. The first-order valence-corrected chi connectivity index (χ1v) is 16.6. The number of carbonyl (C=O) groups is 2. The molecule has 0 fully saturated rings. The number of rotatable bonds is 13. The lowest BCUT2D eigenvalue weighted by Gasteiger charge is -2.34. The van der Waals surface area contributed by atoms with E-state index in [1.54, 1.807) is 42.5 Å². The van der Waals surface area contributed by atoms with Gasteiger partial charge in [-0.15, -0.1) is 0 Å². The summed E-state index contributed by atoms with van der Waals surface area (Å²) in [4.78, 5) is 29.5. The number of halogens is 3. The van der Waals surface area contributed by atoms with Crippen LogP contribution < -0.4 is 9.62 Å². The van der Waals surface area contributed by atoms with Gasteiger partial charge in [-0.2, -0.15) is 0 Å². The van der Waals surface area contributed by atoms with Gasteiger partial charge >= 0.3 is 0 Å². The fourth-order valence-electron chi connectivity index (χ4n) is 4.67. The van der Waals surface area contributed by atoms with Crippen molar-refractivity contribution in [2.24, 2.45) is 0 Å². The number of benzene rings is 4. The van der Waals surface area contributed by atoms with Crippen molar-refractivity contribution in [1.29, 1.82) is 0 Å². The maximum absolute atomic E-state index is 14.4. The van der Waals surface area contributed by atoms with E-state index in [2.05, 4.69) is 5.32 Å². The molecule has 0 aliphatic rings. The molecule has 0 radical (unpaired) electrons. The summed E-state index contributed by atoms with van der Waals surface area (Å²) >= 11 is 18.9. The summed E-state index contributed by atoms with van der Waals surface area (Å²) in [7, 11) is -4.28. The molecule has 0 aliphatic heterocycles. The van der Waals surface area contributed by atoms with Crippen molar-refractivity contribution in [3.05, 3.63) is 129 Å². The van der Waals surface area contributed by atoms with E-state index in [9.17, 15) is 18.0 Å². The fraction of sp³-hybridized carbons (Fsp3) is 0.212. The maximum atomic E-state index is 14.4. The van der Waals surface area contributed by atoms with Crippen LogP contribution in [0.1, 0.15) is 24.5 Å². The standard InChI is InChI=1S/C33H32Cl3N3O4S/c1-2-18-37-33(41)31(20-24-10-5-3-6-11-24)38(22-25-12-9-13-26(34)19-25)32(40)23-39(30-17-16-27(35)21-29(30)36)44(42,43)28-14-7-4-8-15-28/h3-17,19,21,31H,2,18,20,22-23H2,1H3,(H,37,41). The molecule has 0 heterocycles. The Bertz CT molecular complexity index is 1690. The highest BCUT2D eigenvalue weighted by molar-refractivity contribution is 7.92. The molecule has 1 unspecified atom stereocenters. The SMILES string of the molecule is CCCNC(=O)C(Cc1ccccc1)N(Cc1cccc(Cl)c1)C(=O)CN(c1ccc(Cl)cc1Cl)S(=O)(=O)c1ccccc1. The number of sulfonamides is 1. The van der Waals surface area contributed by atoms with Crippen molar-refractivity contribution in [3.63, 3.8) is 0 Å². The molecule has 44 heavy (non-hydrogen) atoms. The smallest absolute Gasteiger partial charge is 0.264 e. The number of amides is 2. The van der Waals surface area contributed by atoms with Gasteiger partial charge in [0.2, 0.25) is 11.8 Å². The Balaban J connectivity index is 1.81. The van der Waals surface area contributed by atoms with Crippen LogP contribution >= 0.6 is 34.8 Å². The second-order valence-electron chi connectivity index (χ2n) is 10.1. The van der Waals surface area contributed by atoms with Gasteiger partial charge in [0, 0.05) is 29.6 Å². The summed E-state index contributed by atoms with van der Waals surface area (Å²) in [5.41, 5.74) is 1.59. The molecule has 0 spiro atoms. The third-order valence-corrected chi connectivity index (χ3v) is 9.40. The number of nitrogens with zero attached hydrogens (tertiary/aromatic N) is 2. The lowest BCUT2D eigenvalue weighted by atomic mass is 10.0. The van der Waals surface area contributed by atoms with Crippen molar-refractivity contribution in [1.82, 2.24) is 10.2 Å². The first kappa shape index (κ1) is 33.3. The van der Waals surface area contributed by atoms with Gasteiger partial charge in [-0.1, -0.05) is 102 Å². The van der Waals surface area contributed by atoms with Crippen LogP contribution in [0.3, 0.4) is 0 Å². The van der Waals surface area contributed by atoms with Crippen molar-refractivity contribution < 1.29 is 18.0 Å². The Hall–Kier alpha value is -3.56. The van der Waals surface area contributed by atoms with E-state index in [0.717, 1.165) is 9.87 Å². The number of hydrogen-bond donors (Lipinski definition) is 1. The van der Waals surface area contributed by atoms with Crippen LogP contribution in [0.4, 0.5) is 5.69 Å². The molecule has 1 atom stereocenters. The predicted molar refractivity (Wildman–Crippen MR) is 177 cm³/mol. The van der Waals surface area contributed by atoms with Crippen LogP contribution in [0.15, 0.2) is 108 Å². The highest BCUT2D eigenvalue weighted by atomic mass is 35.5. The zero-order chi connectivity index (χ0) is 31.7. The van der Waals surface area contributed by atoms with Gasteiger partial charge in [-0.05, 0) is 60.0 Å². The maximum Gasteiger partial charge on any atom is 0.264 e. The topological polar surface area (TPSA) is 86.8 Å². The molecule has 11 heteroatoms. The summed E-state index contributed by atoms with van der Waals surface area (Å²) in [6, 6.07) is 27.5. The minimum atomic E-state index is -4.28. The molecule has 4 aromatic rings.